The van der Waals surface area contributed by atoms with Gasteiger partial charge in [0.05, 0.1) is 5.75 Å². The van der Waals surface area contributed by atoms with E-state index in [9.17, 15) is 4.79 Å². The van der Waals surface area contributed by atoms with Crippen LogP contribution in [-0.4, -0.2) is 21.6 Å². The summed E-state index contributed by atoms with van der Waals surface area (Å²) in [5.74, 6) is 0.430. The summed E-state index contributed by atoms with van der Waals surface area (Å²) in [5, 5.41) is 1.60. The van der Waals surface area contributed by atoms with E-state index < -0.39 is 0 Å². The average Bonchev–Trinajstić information content (AvgIpc) is 2.75. The average molecular weight is 273 g/mol. The third-order valence-corrected chi connectivity index (χ3v) is 3.63. The van der Waals surface area contributed by atoms with Gasteiger partial charge in [-0.3, -0.25) is 4.79 Å². The number of hydrogen-bond donors (Lipinski definition) is 1. The number of furan rings is 1. The number of carbonyl (C=O) groups excluding carboxylic acids is 1. The fourth-order valence-electron chi connectivity index (χ4n) is 1.91. The van der Waals surface area contributed by atoms with Crippen molar-refractivity contribution in [2.75, 3.05) is 5.75 Å². The van der Waals surface area contributed by atoms with Crippen molar-refractivity contribution >= 4 is 39.7 Å². The highest BCUT2D eigenvalue weighted by molar-refractivity contribution is 8.00. The zero-order chi connectivity index (χ0) is 13.4. The van der Waals surface area contributed by atoms with Crippen molar-refractivity contribution in [3.05, 3.63) is 30.1 Å². The monoisotopic (exact) mass is 273 g/mol. The molecule has 2 aromatic heterocycles. The number of para-hydroxylation sites is 1. The molecule has 19 heavy (non-hydrogen) atoms. The van der Waals surface area contributed by atoms with Crippen molar-refractivity contribution in [2.45, 2.75) is 11.9 Å². The summed E-state index contributed by atoms with van der Waals surface area (Å²) in [6.45, 7) is 1.82. The van der Waals surface area contributed by atoms with Crippen LogP contribution < -0.4 is 5.73 Å². The number of benzene rings is 1. The van der Waals surface area contributed by atoms with Gasteiger partial charge in [-0.05, 0) is 19.1 Å². The van der Waals surface area contributed by atoms with Crippen LogP contribution in [0.15, 0.2) is 33.7 Å². The van der Waals surface area contributed by atoms with Gasteiger partial charge in [-0.1, -0.05) is 23.9 Å². The minimum absolute atomic E-state index is 0.169. The number of hydrogen-bond acceptors (Lipinski definition) is 5. The maximum atomic E-state index is 10.9. The molecule has 0 radical (unpaired) electrons. The first-order valence-electron chi connectivity index (χ1n) is 5.72. The van der Waals surface area contributed by atoms with Crippen LogP contribution in [0.25, 0.3) is 22.1 Å². The highest BCUT2D eigenvalue weighted by atomic mass is 32.2. The number of aromatic nitrogens is 2. The molecule has 3 rings (SSSR count). The van der Waals surface area contributed by atoms with E-state index >= 15 is 0 Å². The molecule has 0 aliphatic heterocycles. The smallest absolute Gasteiger partial charge is 0.227 e. The Kier molecular flexibility index (Phi) is 2.87. The van der Waals surface area contributed by atoms with Crippen LogP contribution in [0.2, 0.25) is 0 Å². The maximum absolute atomic E-state index is 10.9. The molecule has 0 spiro atoms. The third-order valence-electron chi connectivity index (χ3n) is 2.65. The van der Waals surface area contributed by atoms with Crippen LogP contribution >= 0.6 is 11.8 Å². The van der Waals surface area contributed by atoms with Gasteiger partial charge in [0.2, 0.25) is 5.91 Å². The van der Waals surface area contributed by atoms with Gasteiger partial charge in [-0.15, -0.1) is 0 Å². The Morgan fingerprint density at radius 3 is 2.95 bits per heavy atom. The Morgan fingerprint density at radius 1 is 1.37 bits per heavy atom. The van der Waals surface area contributed by atoms with Crippen molar-refractivity contribution < 1.29 is 9.21 Å². The largest absolute Gasteiger partial charge is 0.451 e. The summed E-state index contributed by atoms with van der Waals surface area (Å²) in [7, 11) is 0. The van der Waals surface area contributed by atoms with Crippen LogP contribution in [0, 0.1) is 6.92 Å². The van der Waals surface area contributed by atoms with E-state index in [1.165, 1.54) is 11.8 Å². The van der Waals surface area contributed by atoms with E-state index in [1.807, 2.05) is 31.2 Å². The zero-order valence-electron chi connectivity index (χ0n) is 10.2. The molecule has 2 heterocycles. The zero-order valence-corrected chi connectivity index (χ0v) is 11.0. The van der Waals surface area contributed by atoms with Gasteiger partial charge in [0.1, 0.15) is 22.0 Å². The number of amides is 1. The second-order valence-corrected chi connectivity index (χ2v) is 5.07. The molecule has 0 atom stereocenters. The Hall–Kier alpha value is -2.08. The number of fused-ring (bicyclic) bond motifs is 3. The lowest BCUT2D eigenvalue weighted by molar-refractivity contribution is -0.115. The standard InChI is InChI=1S/C13H11N3O2S/c1-7-15-11-8-4-2-3-5-9(8)18-12(11)13(16-7)19-6-10(14)17/h2-5H,6H2,1H3,(H2,14,17). The van der Waals surface area contributed by atoms with E-state index in [-0.39, 0.29) is 11.7 Å². The molecular weight excluding hydrogens is 262 g/mol. The van der Waals surface area contributed by atoms with Crippen LogP contribution in [0.1, 0.15) is 5.82 Å². The number of rotatable bonds is 3. The minimum atomic E-state index is -0.384. The number of nitrogens with zero attached hydrogens (tertiary/aromatic N) is 2. The molecule has 1 aromatic carbocycles. The highest BCUT2D eigenvalue weighted by Crippen LogP contribution is 2.32. The lowest BCUT2D eigenvalue weighted by Crippen LogP contribution is -2.13. The SMILES string of the molecule is Cc1nc(SCC(N)=O)c2oc3ccccc3c2n1. The number of carbonyl (C=O) groups is 1. The highest BCUT2D eigenvalue weighted by Gasteiger charge is 2.15. The second-order valence-electron chi connectivity index (χ2n) is 4.11. The lowest BCUT2D eigenvalue weighted by atomic mass is 10.2. The molecule has 0 saturated heterocycles. The number of thioether (sulfide) groups is 1. The Bertz CT molecular complexity index is 782. The van der Waals surface area contributed by atoms with Crippen molar-refractivity contribution in [3.8, 4) is 0 Å². The van der Waals surface area contributed by atoms with Crippen LogP contribution in [-0.2, 0) is 4.79 Å². The first-order chi connectivity index (χ1) is 9.15. The third kappa shape index (κ3) is 2.15. The minimum Gasteiger partial charge on any atom is -0.451 e. The van der Waals surface area contributed by atoms with E-state index in [0.29, 0.717) is 16.4 Å². The van der Waals surface area contributed by atoms with Gasteiger partial charge in [0, 0.05) is 5.39 Å². The van der Waals surface area contributed by atoms with Gasteiger partial charge in [0.25, 0.3) is 0 Å². The van der Waals surface area contributed by atoms with Gasteiger partial charge >= 0.3 is 0 Å². The van der Waals surface area contributed by atoms with Gasteiger partial charge in [-0.25, -0.2) is 9.97 Å². The van der Waals surface area contributed by atoms with Crippen molar-refractivity contribution in [2.24, 2.45) is 5.73 Å². The lowest BCUT2D eigenvalue weighted by Gasteiger charge is -2.00. The molecule has 0 saturated carbocycles. The predicted molar refractivity (Wildman–Crippen MR) is 74.0 cm³/mol. The molecule has 0 aliphatic rings. The van der Waals surface area contributed by atoms with Crippen LogP contribution in [0.3, 0.4) is 0 Å². The van der Waals surface area contributed by atoms with Crippen LogP contribution in [0.5, 0.6) is 0 Å². The number of aryl methyl sites for hydroxylation is 1. The maximum Gasteiger partial charge on any atom is 0.227 e. The Morgan fingerprint density at radius 2 is 2.16 bits per heavy atom. The molecule has 0 bridgehead atoms. The van der Waals surface area contributed by atoms with Gasteiger partial charge < -0.3 is 10.2 Å². The molecule has 2 N–H and O–H groups in total. The molecule has 0 unspecified atom stereocenters. The molecule has 96 valence electrons. The van der Waals surface area contributed by atoms with E-state index in [1.54, 1.807) is 0 Å². The fraction of sp³-hybridized carbons (Fsp3) is 0.154. The van der Waals surface area contributed by atoms with E-state index in [4.69, 9.17) is 10.2 Å². The summed E-state index contributed by atoms with van der Waals surface area (Å²) in [6, 6.07) is 7.68. The first kappa shape index (κ1) is 12.0. The van der Waals surface area contributed by atoms with Gasteiger partial charge in [0.15, 0.2) is 5.58 Å². The molecule has 0 aliphatic carbocycles. The van der Waals surface area contributed by atoms with Crippen molar-refractivity contribution in [1.29, 1.82) is 0 Å². The Labute approximate surface area is 113 Å². The Balaban J connectivity index is 2.23. The predicted octanol–water partition coefficient (Wildman–Crippen LogP) is 2.26. The molecule has 6 heteroatoms. The summed E-state index contributed by atoms with van der Waals surface area (Å²) < 4.78 is 5.77. The van der Waals surface area contributed by atoms with Crippen molar-refractivity contribution in [1.82, 2.24) is 9.97 Å². The first-order valence-corrected chi connectivity index (χ1v) is 6.70. The molecule has 5 nitrogen and oxygen atoms in total. The van der Waals surface area contributed by atoms with Crippen LogP contribution in [0.4, 0.5) is 0 Å². The molecule has 1 amide bonds. The molecular formula is C13H11N3O2S. The number of primary amides is 1. The van der Waals surface area contributed by atoms with Gasteiger partial charge in [-0.2, -0.15) is 0 Å². The summed E-state index contributed by atoms with van der Waals surface area (Å²) >= 11 is 1.27. The second kappa shape index (κ2) is 4.55. The molecule has 0 fully saturated rings. The van der Waals surface area contributed by atoms with Crippen molar-refractivity contribution in [3.63, 3.8) is 0 Å². The summed E-state index contributed by atoms with van der Waals surface area (Å²) in [6.07, 6.45) is 0. The fourth-order valence-corrected chi connectivity index (χ4v) is 2.65. The number of nitrogens with two attached hydrogens (primary N) is 1. The normalized spacial score (nSPS) is 11.2. The summed E-state index contributed by atoms with van der Waals surface area (Å²) in [5.41, 5.74) is 7.31. The summed E-state index contributed by atoms with van der Waals surface area (Å²) in [4.78, 5) is 19.6. The quantitative estimate of drug-likeness (QED) is 0.584. The van der Waals surface area contributed by atoms with E-state index in [2.05, 4.69) is 9.97 Å². The topological polar surface area (TPSA) is 82.0 Å². The van der Waals surface area contributed by atoms with E-state index in [0.717, 1.165) is 16.5 Å². The molecule has 3 aromatic rings.